The number of rotatable bonds is 2. The number of fused-ring (bicyclic) bond motifs is 1. The van der Waals surface area contributed by atoms with Gasteiger partial charge in [0.25, 0.3) is 0 Å². The van der Waals surface area contributed by atoms with Gasteiger partial charge in [0, 0.05) is 41.6 Å². The molecule has 3 heterocycles. The number of anilines is 1. The summed E-state index contributed by atoms with van der Waals surface area (Å²) < 4.78 is 15.7. The number of hydrogen-bond acceptors (Lipinski definition) is 3. The van der Waals surface area contributed by atoms with Crippen LogP contribution in [0, 0.1) is 5.41 Å². The summed E-state index contributed by atoms with van der Waals surface area (Å²) in [5.41, 5.74) is 11.0. The van der Waals surface area contributed by atoms with Gasteiger partial charge in [0.1, 0.15) is 5.67 Å². The Bertz CT molecular complexity index is 826. The van der Waals surface area contributed by atoms with Crippen molar-refractivity contribution < 1.29 is 4.39 Å². The van der Waals surface area contributed by atoms with Gasteiger partial charge in [-0.25, -0.2) is 8.91 Å². The van der Waals surface area contributed by atoms with Crippen molar-refractivity contribution in [3.63, 3.8) is 0 Å². The molecule has 3 fully saturated rings. The Morgan fingerprint density at radius 2 is 2.04 bits per heavy atom. The summed E-state index contributed by atoms with van der Waals surface area (Å²) in [7, 11) is 0. The number of alkyl halides is 1. The first kappa shape index (κ1) is 13.4. The lowest BCUT2D eigenvalue weighted by atomic mass is 9.56. The number of hydrogen-bond donors (Lipinski definition) is 1. The van der Waals surface area contributed by atoms with Crippen molar-refractivity contribution in [2.45, 2.75) is 38.3 Å². The molecule has 5 rings (SSSR count). The van der Waals surface area contributed by atoms with Crippen LogP contribution in [0.4, 0.5) is 10.1 Å². The van der Waals surface area contributed by atoms with Crippen molar-refractivity contribution in [2.75, 3.05) is 18.0 Å². The summed E-state index contributed by atoms with van der Waals surface area (Å²) in [5, 5.41) is 4.40. The molecule has 5 heteroatoms. The molecule has 2 aromatic heterocycles. The minimum Gasteiger partial charge on any atom is -0.398 e. The maximum Gasteiger partial charge on any atom is 0.109 e. The molecule has 0 amide bonds. The molecule has 1 spiro atoms. The summed E-state index contributed by atoms with van der Waals surface area (Å²) in [6.07, 6.45) is 7.48. The predicted molar refractivity (Wildman–Crippen MR) is 88.9 cm³/mol. The van der Waals surface area contributed by atoms with Crippen LogP contribution < -0.4 is 10.6 Å². The van der Waals surface area contributed by atoms with E-state index in [9.17, 15) is 4.39 Å². The average Bonchev–Trinajstić information content (AvgIpc) is 3.20. The van der Waals surface area contributed by atoms with Crippen molar-refractivity contribution in [1.82, 2.24) is 9.61 Å². The fraction of sp³-hybridized carbons (Fsp3) is 0.500. The lowest BCUT2D eigenvalue weighted by Gasteiger charge is -2.61. The normalized spacial score (nSPS) is 23.7. The van der Waals surface area contributed by atoms with Crippen LogP contribution in [0.5, 0.6) is 0 Å². The number of halogens is 1. The van der Waals surface area contributed by atoms with Crippen molar-refractivity contribution in [3.05, 3.63) is 35.7 Å². The van der Waals surface area contributed by atoms with E-state index in [1.165, 1.54) is 11.3 Å². The molecular formula is C18H21FN4. The zero-order valence-electron chi connectivity index (χ0n) is 13.3. The number of allylic oxidation sites excluding steroid dienone is 1. The monoisotopic (exact) mass is 312 g/mol. The Morgan fingerprint density at radius 3 is 2.70 bits per heavy atom. The number of pyridine rings is 1. The molecule has 2 aliphatic carbocycles. The van der Waals surface area contributed by atoms with Gasteiger partial charge in [-0.3, -0.25) is 0 Å². The Hall–Kier alpha value is -2.04. The van der Waals surface area contributed by atoms with E-state index in [2.05, 4.69) is 22.1 Å². The third kappa shape index (κ3) is 1.98. The average molecular weight is 312 g/mol. The van der Waals surface area contributed by atoms with Crippen LogP contribution in [-0.2, 0) is 0 Å². The van der Waals surface area contributed by atoms with Gasteiger partial charge in [0.05, 0.1) is 11.7 Å². The molecule has 0 bridgehead atoms. The molecule has 0 radical (unpaired) electrons. The summed E-state index contributed by atoms with van der Waals surface area (Å²) in [6, 6.07) is 4.25. The first-order valence-electron chi connectivity index (χ1n) is 8.34. The Balaban J connectivity index is 1.43. The van der Waals surface area contributed by atoms with E-state index in [0.29, 0.717) is 12.8 Å². The number of nitrogens with two attached hydrogens (primary N) is 1. The second-order valence-electron chi connectivity index (χ2n) is 7.91. The molecule has 1 aliphatic heterocycles. The highest BCUT2D eigenvalue weighted by atomic mass is 19.1. The number of aromatic nitrogens is 2. The maximum absolute atomic E-state index is 13.8. The van der Waals surface area contributed by atoms with E-state index < -0.39 is 5.67 Å². The minimum absolute atomic E-state index is 0.216. The molecule has 0 unspecified atom stereocenters. The molecule has 120 valence electrons. The van der Waals surface area contributed by atoms with Crippen LogP contribution in [0.2, 0.25) is 0 Å². The zero-order valence-corrected chi connectivity index (χ0v) is 13.3. The van der Waals surface area contributed by atoms with Crippen LogP contribution in [0.25, 0.3) is 11.2 Å². The molecule has 4 nitrogen and oxygen atoms in total. The third-order valence-electron chi connectivity index (χ3n) is 5.58. The standard InChI is InChI=1S/C18H21FN4/c1-17(19)8-18(9-17)10-22(11-18)13-4-5-23-15(6-13)14(7-21-23)16(20)12-2-3-12/h4-7H,2-3,8-11,20H2,1H3. The van der Waals surface area contributed by atoms with Gasteiger partial charge in [-0.2, -0.15) is 5.10 Å². The molecule has 2 N–H and O–H groups in total. The number of nitrogens with zero attached hydrogens (tertiary/aromatic N) is 3. The smallest absolute Gasteiger partial charge is 0.109 e. The quantitative estimate of drug-likeness (QED) is 0.927. The minimum atomic E-state index is -0.945. The Morgan fingerprint density at radius 1 is 1.30 bits per heavy atom. The lowest BCUT2D eigenvalue weighted by Crippen LogP contribution is -2.66. The molecular weight excluding hydrogens is 291 g/mol. The van der Waals surface area contributed by atoms with Crippen LogP contribution >= 0.6 is 0 Å². The summed E-state index contributed by atoms with van der Waals surface area (Å²) in [6.45, 7) is 3.64. The largest absolute Gasteiger partial charge is 0.398 e. The highest BCUT2D eigenvalue weighted by Gasteiger charge is 2.58. The van der Waals surface area contributed by atoms with E-state index in [4.69, 9.17) is 5.73 Å². The van der Waals surface area contributed by atoms with Crippen LogP contribution in [0.3, 0.4) is 0 Å². The lowest BCUT2D eigenvalue weighted by molar-refractivity contribution is -0.0711. The summed E-state index contributed by atoms with van der Waals surface area (Å²) >= 11 is 0. The zero-order chi connectivity index (χ0) is 15.8. The van der Waals surface area contributed by atoms with Gasteiger partial charge in [-0.15, -0.1) is 0 Å². The van der Waals surface area contributed by atoms with Crippen LogP contribution in [0.1, 0.15) is 38.2 Å². The summed E-state index contributed by atoms with van der Waals surface area (Å²) in [4.78, 5) is 2.34. The predicted octanol–water partition coefficient (Wildman–Crippen LogP) is 3.13. The van der Waals surface area contributed by atoms with Gasteiger partial charge in [0.2, 0.25) is 0 Å². The van der Waals surface area contributed by atoms with Crippen molar-refractivity contribution in [3.8, 4) is 0 Å². The van der Waals surface area contributed by atoms with Crippen molar-refractivity contribution >= 4 is 16.9 Å². The van der Waals surface area contributed by atoms with Gasteiger partial charge < -0.3 is 10.6 Å². The topological polar surface area (TPSA) is 46.6 Å². The molecule has 2 saturated carbocycles. The van der Waals surface area contributed by atoms with Gasteiger partial charge >= 0.3 is 0 Å². The van der Waals surface area contributed by atoms with Crippen molar-refractivity contribution in [2.24, 2.45) is 11.1 Å². The molecule has 2 aromatic rings. The van der Waals surface area contributed by atoms with E-state index in [1.807, 2.05) is 16.9 Å². The van der Waals surface area contributed by atoms with Gasteiger partial charge in [-0.1, -0.05) is 0 Å². The molecule has 23 heavy (non-hydrogen) atoms. The van der Waals surface area contributed by atoms with Gasteiger partial charge in [0.15, 0.2) is 0 Å². The highest BCUT2D eigenvalue weighted by Crippen LogP contribution is 2.56. The third-order valence-corrected chi connectivity index (χ3v) is 5.58. The molecule has 3 aliphatic rings. The second-order valence-corrected chi connectivity index (χ2v) is 7.91. The molecule has 1 saturated heterocycles. The van der Waals surface area contributed by atoms with E-state index in [1.54, 1.807) is 6.92 Å². The Kier molecular flexibility index (Phi) is 2.37. The summed E-state index contributed by atoms with van der Waals surface area (Å²) in [5.74, 6) is 0. The first-order chi connectivity index (χ1) is 10.9. The highest BCUT2D eigenvalue weighted by molar-refractivity contribution is 5.81. The Labute approximate surface area is 134 Å². The van der Waals surface area contributed by atoms with E-state index >= 15 is 0 Å². The van der Waals surface area contributed by atoms with E-state index in [0.717, 1.165) is 42.7 Å². The SMILES string of the molecule is CC1(F)CC2(CN(c3ccn4ncc(C(N)=C5CC5)c4c3)C2)C1. The van der Waals surface area contributed by atoms with Crippen LogP contribution in [0.15, 0.2) is 30.1 Å². The van der Waals surface area contributed by atoms with Crippen molar-refractivity contribution in [1.29, 1.82) is 0 Å². The molecule has 0 aromatic carbocycles. The van der Waals surface area contributed by atoms with E-state index in [-0.39, 0.29) is 5.41 Å². The maximum atomic E-state index is 13.8. The fourth-order valence-corrected chi connectivity index (χ4v) is 4.58. The molecule has 0 atom stereocenters. The first-order valence-corrected chi connectivity index (χ1v) is 8.34. The second kappa shape index (κ2) is 4.08. The fourth-order valence-electron chi connectivity index (χ4n) is 4.58. The van der Waals surface area contributed by atoms with Crippen LogP contribution in [-0.4, -0.2) is 28.4 Å². The van der Waals surface area contributed by atoms with Gasteiger partial charge in [-0.05, 0) is 50.3 Å².